The van der Waals surface area contributed by atoms with Gasteiger partial charge in [-0.3, -0.25) is 9.64 Å². The number of piperazine rings is 1. The lowest BCUT2D eigenvalue weighted by atomic mass is 10.2. The van der Waals surface area contributed by atoms with Crippen LogP contribution in [0.15, 0.2) is 0 Å². The Morgan fingerprint density at radius 2 is 1.47 bits per heavy atom. The van der Waals surface area contributed by atoms with Crippen molar-refractivity contribution in [1.82, 2.24) is 9.80 Å². The maximum absolute atomic E-state index is 11.8. The van der Waals surface area contributed by atoms with Crippen molar-refractivity contribution in [3.63, 3.8) is 0 Å². The number of alkyl halides is 3. The van der Waals surface area contributed by atoms with E-state index in [1.807, 2.05) is 4.90 Å². The molecule has 2 N–H and O–H groups in total. The van der Waals surface area contributed by atoms with Crippen molar-refractivity contribution < 1.29 is 17.9 Å². The summed E-state index contributed by atoms with van der Waals surface area (Å²) in [5.74, 6) is 0. The van der Waals surface area contributed by atoms with Crippen LogP contribution in [0.25, 0.3) is 0 Å². The topological polar surface area (TPSA) is 41.7 Å². The number of hydrogen-bond acceptors (Lipinski definition) is 4. The molecule has 1 rings (SSSR count). The summed E-state index contributed by atoms with van der Waals surface area (Å²) in [5, 5.41) is 0. The zero-order valence-corrected chi connectivity index (χ0v) is 11.3. The molecule has 1 saturated heterocycles. The molecule has 1 fully saturated rings. The van der Waals surface area contributed by atoms with Gasteiger partial charge in [-0.1, -0.05) is 6.42 Å². The summed E-state index contributed by atoms with van der Waals surface area (Å²) in [6, 6.07) is 0. The van der Waals surface area contributed by atoms with E-state index in [1.165, 1.54) is 0 Å². The average molecular weight is 283 g/mol. The summed E-state index contributed by atoms with van der Waals surface area (Å²) in [6.45, 7) is 5.36. The SMILES string of the molecule is NCCCCCN1CCN(CCOC(F)(F)F)CC1. The van der Waals surface area contributed by atoms with Gasteiger partial charge in [0.1, 0.15) is 0 Å². The Bertz CT molecular complexity index is 231. The van der Waals surface area contributed by atoms with E-state index >= 15 is 0 Å². The van der Waals surface area contributed by atoms with E-state index in [9.17, 15) is 13.2 Å². The number of halogens is 3. The van der Waals surface area contributed by atoms with Crippen molar-refractivity contribution in [3.8, 4) is 0 Å². The molecule has 1 aliphatic rings. The van der Waals surface area contributed by atoms with Crippen molar-refractivity contribution in [1.29, 1.82) is 0 Å². The van der Waals surface area contributed by atoms with Crippen LogP contribution < -0.4 is 5.73 Å². The largest absolute Gasteiger partial charge is 0.522 e. The molecular weight excluding hydrogens is 259 g/mol. The van der Waals surface area contributed by atoms with Crippen LogP contribution in [0.4, 0.5) is 13.2 Å². The van der Waals surface area contributed by atoms with Gasteiger partial charge in [0, 0.05) is 32.7 Å². The zero-order valence-electron chi connectivity index (χ0n) is 11.3. The minimum absolute atomic E-state index is 0.278. The number of hydrogen-bond donors (Lipinski definition) is 1. The molecule has 0 atom stereocenters. The Hall–Kier alpha value is -0.370. The van der Waals surface area contributed by atoms with Crippen LogP contribution in [0.2, 0.25) is 0 Å². The number of nitrogens with zero attached hydrogens (tertiary/aromatic N) is 2. The van der Waals surface area contributed by atoms with E-state index < -0.39 is 6.36 Å². The second-order valence-electron chi connectivity index (χ2n) is 4.83. The molecule has 0 spiro atoms. The van der Waals surface area contributed by atoms with Crippen molar-refractivity contribution >= 4 is 0 Å². The molecular formula is C12H24F3N3O. The number of unbranched alkanes of at least 4 members (excludes halogenated alkanes) is 2. The highest BCUT2D eigenvalue weighted by Gasteiger charge is 2.29. The Morgan fingerprint density at radius 1 is 0.895 bits per heavy atom. The first-order chi connectivity index (χ1) is 9.01. The molecule has 114 valence electrons. The van der Waals surface area contributed by atoms with Crippen molar-refractivity contribution in [3.05, 3.63) is 0 Å². The maximum Gasteiger partial charge on any atom is 0.522 e. The summed E-state index contributed by atoms with van der Waals surface area (Å²) < 4.78 is 39.2. The maximum atomic E-state index is 11.8. The Kier molecular flexibility index (Phi) is 7.67. The van der Waals surface area contributed by atoms with Crippen LogP contribution >= 0.6 is 0 Å². The summed E-state index contributed by atoms with van der Waals surface area (Å²) in [7, 11) is 0. The smallest absolute Gasteiger partial charge is 0.330 e. The van der Waals surface area contributed by atoms with E-state index in [1.54, 1.807) is 0 Å². The molecule has 0 aromatic carbocycles. The van der Waals surface area contributed by atoms with Crippen molar-refractivity contribution in [2.45, 2.75) is 25.6 Å². The minimum atomic E-state index is -4.51. The molecule has 0 aromatic heterocycles. The standard InChI is InChI=1S/C12H24F3N3O/c13-12(14,15)19-11-10-18-8-6-17(7-9-18)5-3-1-2-4-16/h1-11,16H2. The first kappa shape index (κ1) is 16.7. The van der Waals surface area contributed by atoms with Gasteiger partial charge in [-0.05, 0) is 25.9 Å². The molecule has 19 heavy (non-hydrogen) atoms. The van der Waals surface area contributed by atoms with Crippen LogP contribution in [0, 0.1) is 0 Å². The normalized spacial score (nSPS) is 18.9. The van der Waals surface area contributed by atoms with E-state index in [2.05, 4.69) is 9.64 Å². The first-order valence-corrected chi connectivity index (χ1v) is 6.87. The van der Waals surface area contributed by atoms with Crippen LogP contribution in [-0.2, 0) is 4.74 Å². The van der Waals surface area contributed by atoms with Crippen molar-refractivity contribution in [2.75, 3.05) is 52.4 Å². The van der Waals surface area contributed by atoms with Crippen LogP contribution in [0.5, 0.6) is 0 Å². The predicted molar refractivity (Wildman–Crippen MR) is 67.8 cm³/mol. The third kappa shape index (κ3) is 8.41. The van der Waals surface area contributed by atoms with Gasteiger partial charge in [0.15, 0.2) is 0 Å². The molecule has 0 aliphatic carbocycles. The Morgan fingerprint density at radius 3 is 2.00 bits per heavy atom. The monoisotopic (exact) mass is 283 g/mol. The molecule has 0 bridgehead atoms. The summed E-state index contributed by atoms with van der Waals surface area (Å²) in [4.78, 5) is 4.37. The second-order valence-corrected chi connectivity index (χ2v) is 4.83. The molecule has 1 heterocycles. The van der Waals surface area contributed by atoms with Crippen molar-refractivity contribution in [2.24, 2.45) is 5.73 Å². The third-order valence-corrected chi connectivity index (χ3v) is 3.32. The van der Waals surface area contributed by atoms with Gasteiger partial charge in [0.05, 0.1) is 6.61 Å². The molecule has 0 radical (unpaired) electrons. The highest BCUT2D eigenvalue weighted by atomic mass is 19.4. The summed E-state index contributed by atoms with van der Waals surface area (Å²) >= 11 is 0. The average Bonchev–Trinajstić information content (AvgIpc) is 2.35. The van der Waals surface area contributed by atoms with Gasteiger partial charge in [0.2, 0.25) is 0 Å². The lowest BCUT2D eigenvalue weighted by Gasteiger charge is -2.34. The fourth-order valence-electron chi connectivity index (χ4n) is 2.18. The number of nitrogens with two attached hydrogens (primary N) is 1. The van der Waals surface area contributed by atoms with Crippen LogP contribution in [0.3, 0.4) is 0 Å². The van der Waals surface area contributed by atoms with E-state index in [0.29, 0.717) is 6.54 Å². The summed E-state index contributed by atoms with van der Waals surface area (Å²) in [5.41, 5.74) is 5.43. The van der Waals surface area contributed by atoms with Crippen LogP contribution in [-0.4, -0.2) is 68.6 Å². The number of rotatable bonds is 8. The fourth-order valence-corrected chi connectivity index (χ4v) is 2.18. The third-order valence-electron chi connectivity index (χ3n) is 3.32. The van der Waals surface area contributed by atoms with E-state index in [4.69, 9.17) is 5.73 Å². The molecule has 1 aliphatic heterocycles. The lowest BCUT2D eigenvalue weighted by molar-refractivity contribution is -0.325. The van der Waals surface area contributed by atoms with Gasteiger partial charge in [0.25, 0.3) is 0 Å². The summed E-state index contributed by atoms with van der Waals surface area (Å²) in [6.07, 6.45) is -1.15. The Balaban J connectivity index is 2.02. The molecule has 0 unspecified atom stereocenters. The van der Waals surface area contributed by atoms with Gasteiger partial charge < -0.3 is 10.6 Å². The van der Waals surface area contributed by atoms with Gasteiger partial charge in [-0.2, -0.15) is 0 Å². The quantitative estimate of drug-likeness (QED) is 0.681. The minimum Gasteiger partial charge on any atom is -0.330 e. The zero-order chi connectivity index (χ0) is 14.1. The first-order valence-electron chi connectivity index (χ1n) is 6.87. The van der Waals surface area contributed by atoms with E-state index in [-0.39, 0.29) is 6.61 Å². The van der Waals surface area contributed by atoms with Gasteiger partial charge in [-0.15, -0.1) is 13.2 Å². The van der Waals surface area contributed by atoms with Gasteiger partial charge in [-0.25, -0.2) is 0 Å². The molecule has 0 amide bonds. The van der Waals surface area contributed by atoms with Crippen LogP contribution in [0.1, 0.15) is 19.3 Å². The second kappa shape index (κ2) is 8.73. The lowest BCUT2D eigenvalue weighted by Crippen LogP contribution is -2.47. The molecule has 0 saturated carbocycles. The highest BCUT2D eigenvalue weighted by Crippen LogP contribution is 2.15. The molecule has 0 aromatic rings. The van der Waals surface area contributed by atoms with Gasteiger partial charge >= 0.3 is 6.36 Å². The predicted octanol–water partition coefficient (Wildman–Crippen LogP) is 1.27. The number of ether oxygens (including phenoxy) is 1. The Labute approximate surface area is 112 Å². The molecule has 4 nitrogen and oxygen atoms in total. The van der Waals surface area contributed by atoms with E-state index in [0.717, 1.165) is 58.5 Å². The molecule has 7 heteroatoms. The highest BCUT2D eigenvalue weighted by molar-refractivity contribution is 4.71. The fraction of sp³-hybridized carbons (Fsp3) is 1.00.